The van der Waals surface area contributed by atoms with E-state index in [1.54, 1.807) is 12.1 Å². The van der Waals surface area contributed by atoms with Gasteiger partial charge in [0.15, 0.2) is 0 Å². The number of carbonyl (C=O) groups is 1. The maximum atomic E-state index is 10.9. The highest BCUT2D eigenvalue weighted by Crippen LogP contribution is 2.24. The van der Waals surface area contributed by atoms with Crippen LogP contribution >= 0.6 is 11.6 Å². The molecule has 14 heavy (non-hydrogen) atoms. The minimum atomic E-state index is -0.783. The van der Waals surface area contributed by atoms with Gasteiger partial charge in [-0.1, -0.05) is 30.7 Å². The third kappa shape index (κ3) is 2.26. The SMILES string of the molecule is CCC(C(=O)O)c1ccc(Cl)c(C)c1. The van der Waals surface area contributed by atoms with E-state index in [1.165, 1.54) is 0 Å². The standard InChI is InChI=1S/C11H13ClO2/c1-3-9(11(13)14)8-4-5-10(12)7(2)6-8/h4-6,9H,3H2,1-2H3,(H,13,14). The first-order chi connectivity index (χ1) is 6.56. The molecule has 1 rings (SSSR count). The lowest BCUT2D eigenvalue weighted by Gasteiger charge is -2.11. The molecular formula is C11H13ClO2. The van der Waals surface area contributed by atoms with Crippen LogP contribution in [0.5, 0.6) is 0 Å². The van der Waals surface area contributed by atoms with Gasteiger partial charge < -0.3 is 5.11 Å². The van der Waals surface area contributed by atoms with Gasteiger partial charge in [0, 0.05) is 5.02 Å². The van der Waals surface area contributed by atoms with Gasteiger partial charge in [-0.2, -0.15) is 0 Å². The number of halogens is 1. The molecule has 2 nitrogen and oxygen atoms in total. The zero-order valence-corrected chi connectivity index (χ0v) is 9.01. The first-order valence-electron chi connectivity index (χ1n) is 4.55. The van der Waals surface area contributed by atoms with Crippen molar-refractivity contribution in [2.75, 3.05) is 0 Å². The van der Waals surface area contributed by atoms with Crippen molar-refractivity contribution < 1.29 is 9.90 Å². The molecule has 0 radical (unpaired) electrons. The first-order valence-corrected chi connectivity index (χ1v) is 4.93. The number of aliphatic carboxylic acids is 1. The fraction of sp³-hybridized carbons (Fsp3) is 0.364. The van der Waals surface area contributed by atoms with Gasteiger partial charge in [-0.25, -0.2) is 0 Å². The van der Waals surface area contributed by atoms with Crippen LogP contribution in [-0.4, -0.2) is 11.1 Å². The molecule has 0 aliphatic rings. The molecule has 0 spiro atoms. The number of hydrogen-bond donors (Lipinski definition) is 1. The van der Waals surface area contributed by atoms with E-state index in [2.05, 4.69) is 0 Å². The molecular weight excluding hydrogens is 200 g/mol. The predicted octanol–water partition coefficient (Wildman–Crippen LogP) is 3.23. The van der Waals surface area contributed by atoms with Crippen molar-refractivity contribution in [1.29, 1.82) is 0 Å². The zero-order valence-electron chi connectivity index (χ0n) is 8.25. The minimum Gasteiger partial charge on any atom is -0.481 e. The lowest BCUT2D eigenvalue weighted by atomic mass is 9.95. The van der Waals surface area contributed by atoms with Crippen molar-refractivity contribution in [2.45, 2.75) is 26.2 Å². The molecule has 1 aromatic rings. The van der Waals surface area contributed by atoms with Crippen LogP contribution in [0.2, 0.25) is 5.02 Å². The van der Waals surface area contributed by atoms with Crippen LogP contribution in [0.25, 0.3) is 0 Å². The van der Waals surface area contributed by atoms with Gasteiger partial charge in [0.2, 0.25) is 0 Å². The Morgan fingerprint density at radius 2 is 2.21 bits per heavy atom. The summed E-state index contributed by atoms with van der Waals surface area (Å²) in [5, 5.41) is 9.63. The maximum Gasteiger partial charge on any atom is 0.310 e. The fourth-order valence-corrected chi connectivity index (χ4v) is 1.56. The van der Waals surface area contributed by atoms with Gasteiger partial charge in [0.25, 0.3) is 0 Å². The molecule has 0 aliphatic heterocycles. The summed E-state index contributed by atoms with van der Waals surface area (Å²) in [4.78, 5) is 10.9. The predicted molar refractivity (Wildman–Crippen MR) is 56.9 cm³/mol. The highest BCUT2D eigenvalue weighted by molar-refractivity contribution is 6.31. The average Bonchev–Trinajstić information content (AvgIpc) is 2.11. The van der Waals surface area contributed by atoms with E-state index >= 15 is 0 Å². The van der Waals surface area contributed by atoms with E-state index < -0.39 is 11.9 Å². The topological polar surface area (TPSA) is 37.3 Å². The number of carboxylic acid groups (broad SMARTS) is 1. The monoisotopic (exact) mass is 212 g/mol. The molecule has 1 N–H and O–H groups in total. The van der Waals surface area contributed by atoms with Crippen LogP contribution in [0, 0.1) is 6.92 Å². The third-order valence-electron chi connectivity index (χ3n) is 2.29. The molecule has 0 saturated heterocycles. The van der Waals surface area contributed by atoms with Crippen LogP contribution in [0.1, 0.15) is 30.4 Å². The van der Waals surface area contributed by atoms with E-state index in [9.17, 15) is 4.79 Å². The van der Waals surface area contributed by atoms with Crippen molar-refractivity contribution in [3.8, 4) is 0 Å². The Labute approximate surface area is 88.5 Å². The Balaban J connectivity index is 3.06. The molecule has 0 aromatic heterocycles. The summed E-state index contributed by atoms with van der Waals surface area (Å²) in [6, 6.07) is 5.36. The van der Waals surface area contributed by atoms with Gasteiger partial charge in [-0.15, -0.1) is 0 Å². The summed E-state index contributed by atoms with van der Waals surface area (Å²) < 4.78 is 0. The summed E-state index contributed by atoms with van der Waals surface area (Å²) in [5.41, 5.74) is 1.74. The van der Waals surface area contributed by atoms with E-state index in [0.717, 1.165) is 11.1 Å². The summed E-state index contributed by atoms with van der Waals surface area (Å²) >= 11 is 5.86. The maximum absolute atomic E-state index is 10.9. The Bertz CT molecular complexity index is 347. The molecule has 1 atom stereocenters. The summed E-state index contributed by atoms with van der Waals surface area (Å²) in [6.07, 6.45) is 0.594. The molecule has 0 amide bonds. The number of rotatable bonds is 3. The Hall–Kier alpha value is -1.02. The first kappa shape index (κ1) is 11.1. The van der Waals surface area contributed by atoms with Gasteiger partial charge in [-0.3, -0.25) is 4.79 Å². The van der Waals surface area contributed by atoms with E-state index in [1.807, 2.05) is 19.9 Å². The molecule has 0 aliphatic carbocycles. The normalized spacial score (nSPS) is 12.5. The largest absolute Gasteiger partial charge is 0.481 e. The summed E-state index contributed by atoms with van der Waals surface area (Å²) in [5.74, 6) is -1.21. The van der Waals surface area contributed by atoms with Crippen molar-refractivity contribution in [3.05, 3.63) is 34.3 Å². The van der Waals surface area contributed by atoms with Crippen LogP contribution < -0.4 is 0 Å². The molecule has 0 bridgehead atoms. The lowest BCUT2D eigenvalue weighted by molar-refractivity contribution is -0.138. The van der Waals surface area contributed by atoms with Crippen molar-refractivity contribution in [2.24, 2.45) is 0 Å². The number of carboxylic acids is 1. The van der Waals surface area contributed by atoms with Crippen LogP contribution in [-0.2, 0) is 4.79 Å². The summed E-state index contributed by atoms with van der Waals surface area (Å²) in [6.45, 7) is 3.74. The average molecular weight is 213 g/mol. The van der Waals surface area contributed by atoms with E-state index in [-0.39, 0.29) is 0 Å². The molecule has 0 heterocycles. The molecule has 1 aromatic carbocycles. The Morgan fingerprint density at radius 1 is 1.57 bits per heavy atom. The summed E-state index contributed by atoms with van der Waals surface area (Å²) in [7, 11) is 0. The van der Waals surface area contributed by atoms with Gasteiger partial charge >= 0.3 is 5.97 Å². The second-order valence-electron chi connectivity index (χ2n) is 3.31. The zero-order chi connectivity index (χ0) is 10.7. The second-order valence-corrected chi connectivity index (χ2v) is 3.71. The molecule has 0 fully saturated rings. The fourth-order valence-electron chi connectivity index (χ4n) is 1.44. The molecule has 3 heteroatoms. The van der Waals surface area contributed by atoms with Crippen LogP contribution in [0.3, 0.4) is 0 Å². The van der Waals surface area contributed by atoms with Crippen LogP contribution in [0.15, 0.2) is 18.2 Å². The second kappa shape index (κ2) is 4.47. The van der Waals surface area contributed by atoms with E-state index in [0.29, 0.717) is 11.4 Å². The van der Waals surface area contributed by atoms with Crippen molar-refractivity contribution in [1.82, 2.24) is 0 Å². The van der Waals surface area contributed by atoms with Crippen molar-refractivity contribution >= 4 is 17.6 Å². The van der Waals surface area contributed by atoms with Gasteiger partial charge in [-0.05, 0) is 30.5 Å². The lowest BCUT2D eigenvalue weighted by Crippen LogP contribution is -2.10. The van der Waals surface area contributed by atoms with Crippen LogP contribution in [0.4, 0.5) is 0 Å². The highest BCUT2D eigenvalue weighted by Gasteiger charge is 2.17. The number of benzene rings is 1. The van der Waals surface area contributed by atoms with Gasteiger partial charge in [0.05, 0.1) is 5.92 Å². The highest BCUT2D eigenvalue weighted by atomic mass is 35.5. The Kier molecular flexibility index (Phi) is 3.53. The smallest absolute Gasteiger partial charge is 0.310 e. The van der Waals surface area contributed by atoms with Crippen molar-refractivity contribution in [3.63, 3.8) is 0 Å². The van der Waals surface area contributed by atoms with E-state index in [4.69, 9.17) is 16.7 Å². The Morgan fingerprint density at radius 3 is 2.64 bits per heavy atom. The minimum absolute atomic E-state index is 0.425. The quantitative estimate of drug-likeness (QED) is 0.835. The van der Waals surface area contributed by atoms with Gasteiger partial charge in [0.1, 0.15) is 0 Å². The number of hydrogen-bond acceptors (Lipinski definition) is 1. The molecule has 1 unspecified atom stereocenters. The number of aryl methyl sites for hydroxylation is 1. The molecule has 0 saturated carbocycles. The molecule has 76 valence electrons. The third-order valence-corrected chi connectivity index (χ3v) is 2.71.